The summed E-state index contributed by atoms with van der Waals surface area (Å²) in [4.78, 5) is 15.9. The van der Waals surface area contributed by atoms with Crippen molar-refractivity contribution in [3.63, 3.8) is 0 Å². The molecule has 1 aromatic heterocycles. The van der Waals surface area contributed by atoms with E-state index in [1.807, 2.05) is 12.1 Å². The number of aromatic nitrogens is 1. The largest absolute Gasteiger partial charge is 0.481 e. The zero-order valence-electron chi connectivity index (χ0n) is 13.2. The third-order valence-electron chi connectivity index (χ3n) is 4.99. The van der Waals surface area contributed by atoms with Gasteiger partial charge in [-0.05, 0) is 55.4 Å². The summed E-state index contributed by atoms with van der Waals surface area (Å²) in [6, 6.07) is 3.74. The van der Waals surface area contributed by atoms with Gasteiger partial charge in [0.15, 0.2) is 0 Å². The molecule has 1 N–H and O–H groups in total. The number of benzene rings is 1. The predicted octanol–water partition coefficient (Wildman–Crippen LogP) is 3.65. The molecule has 1 aromatic carbocycles. The molecule has 5 nitrogen and oxygen atoms in total. The van der Waals surface area contributed by atoms with E-state index < -0.39 is 20.9 Å². The molecular formula is C17H17Cl2NO4S. The number of carboxylic acids is 1. The highest BCUT2D eigenvalue weighted by atomic mass is 35.7. The SMILES string of the molecule is Cl.O=C(O)C1CCc2cc3cnc(C4CC4)cc3c(S(=O)(=O)Cl)c2C1. The minimum absolute atomic E-state index is 0. The first-order chi connectivity index (χ1) is 11.3. The number of aryl methyl sites for hydroxylation is 1. The molecule has 2 aromatic rings. The Labute approximate surface area is 156 Å². The molecule has 0 saturated heterocycles. The number of carbonyl (C=O) groups is 1. The molecule has 1 atom stereocenters. The Morgan fingerprint density at radius 1 is 1.24 bits per heavy atom. The summed E-state index contributed by atoms with van der Waals surface area (Å²) in [5.74, 6) is -1.08. The van der Waals surface area contributed by atoms with Crippen LogP contribution in [0.1, 0.15) is 42.0 Å². The number of pyridine rings is 1. The Bertz CT molecular complexity index is 970. The van der Waals surface area contributed by atoms with E-state index in [2.05, 4.69) is 4.98 Å². The maximum atomic E-state index is 12.3. The number of fused-ring (bicyclic) bond motifs is 2. The van der Waals surface area contributed by atoms with Crippen LogP contribution in [-0.2, 0) is 26.7 Å². The van der Waals surface area contributed by atoms with Crippen LogP contribution in [0.15, 0.2) is 23.2 Å². The van der Waals surface area contributed by atoms with Gasteiger partial charge in [0, 0.05) is 39.3 Å². The summed E-state index contributed by atoms with van der Waals surface area (Å²) in [5, 5.41) is 10.6. The van der Waals surface area contributed by atoms with Gasteiger partial charge < -0.3 is 5.11 Å². The lowest BCUT2D eigenvalue weighted by atomic mass is 9.82. The molecule has 0 aliphatic heterocycles. The predicted molar refractivity (Wildman–Crippen MR) is 97.2 cm³/mol. The molecule has 0 radical (unpaired) electrons. The molecular weight excluding hydrogens is 385 g/mol. The van der Waals surface area contributed by atoms with E-state index in [0.29, 0.717) is 29.7 Å². The van der Waals surface area contributed by atoms with Gasteiger partial charge in [-0.15, -0.1) is 12.4 Å². The topological polar surface area (TPSA) is 84.3 Å². The standard InChI is InChI=1S/C17H16ClNO4S.ClH/c18-24(22,23)16-13-6-11(17(20)21)4-3-10(13)5-12-8-19-15(7-14(12)16)9-1-2-9;/h5,7-9,11H,1-4,6H2,(H,20,21);1H. The van der Waals surface area contributed by atoms with Crippen molar-refractivity contribution in [1.82, 2.24) is 4.98 Å². The Hall–Kier alpha value is -1.37. The van der Waals surface area contributed by atoms with Gasteiger partial charge in [0.1, 0.15) is 0 Å². The van der Waals surface area contributed by atoms with Crippen LogP contribution >= 0.6 is 23.1 Å². The highest BCUT2D eigenvalue weighted by molar-refractivity contribution is 8.14. The summed E-state index contributed by atoms with van der Waals surface area (Å²) in [5.41, 5.74) is 2.30. The second-order valence-corrected chi connectivity index (χ2v) is 9.17. The van der Waals surface area contributed by atoms with Crippen molar-refractivity contribution in [3.05, 3.63) is 35.2 Å². The summed E-state index contributed by atoms with van der Waals surface area (Å²) in [6.45, 7) is 0. The Morgan fingerprint density at radius 2 is 1.96 bits per heavy atom. The van der Waals surface area contributed by atoms with Gasteiger partial charge in [-0.3, -0.25) is 9.78 Å². The highest BCUT2D eigenvalue weighted by Gasteiger charge is 2.32. The molecule has 1 saturated carbocycles. The Kier molecular flexibility index (Phi) is 4.73. The first kappa shape index (κ1) is 18.4. The van der Waals surface area contributed by atoms with Crippen molar-refractivity contribution in [2.24, 2.45) is 5.92 Å². The maximum absolute atomic E-state index is 12.3. The smallest absolute Gasteiger partial charge is 0.306 e. The van der Waals surface area contributed by atoms with E-state index in [9.17, 15) is 18.3 Å². The van der Waals surface area contributed by atoms with E-state index in [0.717, 1.165) is 29.5 Å². The number of hydrogen-bond donors (Lipinski definition) is 1. The average Bonchev–Trinajstić information content (AvgIpc) is 3.35. The third kappa shape index (κ3) is 3.35. The lowest BCUT2D eigenvalue weighted by Gasteiger charge is -2.24. The fourth-order valence-electron chi connectivity index (χ4n) is 3.59. The molecule has 0 bridgehead atoms. The van der Waals surface area contributed by atoms with Gasteiger partial charge >= 0.3 is 5.97 Å². The van der Waals surface area contributed by atoms with Gasteiger partial charge in [0.05, 0.1) is 10.8 Å². The van der Waals surface area contributed by atoms with Crippen LogP contribution in [0.25, 0.3) is 10.8 Å². The number of aliphatic carboxylic acids is 1. The van der Waals surface area contributed by atoms with Gasteiger partial charge in [-0.1, -0.05) is 0 Å². The van der Waals surface area contributed by atoms with E-state index in [4.69, 9.17) is 10.7 Å². The van der Waals surface area contributed by atoms with Crippen LogP contribution in [0.3, 0.4) is 0 Å². The molecule has 134 valence electrons. The minimum Gasteiger partial charge on any atom is -0.481 e. The minimum atomic E-state index is -3.99. The number of rotatable bonds is 3. The van der Waals surface area contributed by atoms with Crippen molar-refractivity contribution in [2.75, 3.05) is 0 Å². The third-order valence-corrected chi connectivity index (χ3v) is 6.41. The Morgan fingerprint density at radius 3 is 2.56 bits per heavy atom. The van der Waals surface area contributed by atoms with Crippen LogP contribution in [-0.4, -0.2) is 24.5 Å². The second kappa shape index (κ2) is 6.41. The van der Waals surface area contributed by atoms with Crippen molar-refractivity contribution >= 4 is 48.9 Å². The first-order valence-electron chi connectivity index (χ1n) is 7.96. The molecule has 1 unspecified atom stereocenters. The van der Waals surface area contributed by atoms with E-state index in [-0.39, 0.29) is 23.7 Å². The summed E-state index contributed by atoms with van der Waals surface area (Å²) >= 11 is 0. The van der Waals surface area contributed by atoms with Crippen molar-refractivity contribution in [1.29, 1.82) is 0 Å². The van der Waals surface area contributed by atoms with Crippen molar-refractivity contribution in [3.8, 4) is 0 Å². The monoisotopic (exact) mass is 401 g/mol. The number of hydrogen-bond acceptors (Lipinski definition) is 4. The molecule has 25 heavy (non-hydrogen) atoms. The van der Waals surface area contributed by atoms with Crippen molar-refractivity contribution < 1.29 is 18.3 Å². The maximum Gasteiger partial charge on any atom is 0.306 e. The van der Waals surface area contributed by atoms with Gasteiger partial charge in [0.25, 0.3) is 9.05 Å². The molecule has 2 aliphatic carbocycles. The average molecular weight is 402 g/mol. The van der Waals surface area contributed by atoms with Crippen LogP contribution in [0, 0.1) is 5.92 Å². The quantitative estimate of drug-likeness (QED) is 0.793. The van der Waals surface area contributed by atoms with Crippen molar-refractivity contribution in [2.45, 2.75) is 42.9 Å². The number of carboxylic acid groups (broad SMARTS) is 1. The lowest BCUT2D eigenvalue weighted by Crippen LogP contribution is -2.23. The first-order valence-corrected chi connectivity index (χ1v) is 10.3. The number of nitrogens with zero attached hydrogens (tertiary/aromatic N) is 1. The fraction of sp³-hybridized carbons (Fsp3) is 0.412. The molecule has 0 spiro atoms. The van der Waals surface area contributed by atoms with Crippen LogP contribution in [0.2, 0.25) is 0 Å². The molecule has 2 aliphatic rings. The van der Waals surface area contributed by atoms with Crippen LogP contribution < -0.4 is 0 Å². The zero-order valence-corrected chi connectivity index (χ0v) is 15.6. The normalized spacial score (nSPS) is 20.0. The van der Waals surface area contributed by atoms with Gasteiger partial charge in [-0.25, -0.2) is 8.42 Å². The van der Waals surface area contributed by atoms with E-state index in [1.165, 1.54) is 0 Å². The zero-order chi connectivity index (χ0) is 17.1. The number of halogens is 2. The summed E-state index contributed by atoms with van der Waals surface area (Å²) < 4.78 is 24.6. The molecule has 8 heteroatoms. The summed E-state index contributed by atoms with van der Waals surface area (Å²) in [7, 11) is 1.76. The van der Waals surface area contributed by atoms with Gasteiger partial charge in [-0.2, -0.15) is 0 Å². The Balaban J connectivity index is 0.00000182. The highest BCUT2D eigenvalue weighted by Crippen LogP contribution is 2.42. The second-order valence-electron chi connectivity index (χ2n) is 6.66. The molecule has 1 fully saturated rings. The lowest BCUT2D eigenvalue weighted by molar-refractivity contribution is -0.142. The van der Waals surface area contributed by atoms with Gasteiger partial charge in [0.2, 0.25) is 0 Å². The molecule has 4 rings (SSSR count). The van der Waals surface area contributed by atoms with Crippen LogP contribution in [0.5, 0.6) is 0 Å². The van der Waals surface area contributed by atoms with E-state index in [1.54, 1.807) is 6.20 Å². The molecule has 0 amide bonds. The summed E-state index contributed by atoms with van der Waals surface area (Å²) in [6.07, 6.45) is 5.07. The fourth-order valence-corrected chi connectivity index (χ4v) is 5.07. The van der Waals surface area contributed by atoms with E-state index >= 15 is 0 Å². The molecule has 1 heterocycles. The van der Waals surface area contributed by atoms with Crippen LogP contribution in [0.4, 0.5) is 0 Å².